The molecule has 0 aliphatic carbocycles. The van der Waals surface area contributed by atoms with Gasteiger partial charge in [-0.25, -0.2) is 9.98 Å². The lowest BCUT2D eigenvalue weighted by atomic mass is 10.0. The summed E-state index contributed by atoms with van der Waals surface area (Å²) < 4.78 is 5.68. The third kappa shape index (κ3) is 3.48. The average Bonchev–Trinajstić information content (AvgIpc) is 3.28. The minimum absolute atomic E-state index is 0.643. The van der Waals surface area contributed by atoms with Gasteiger partial charge in [0.2, 0.25) is 0 Å². The molecule has 0 saturated heterocycles. The quantitative estimate of drug-likeness (QED) is 0.531. The molecule has 0 amide bonds. The molecule has 0 atom stereocenters. The number of H-pyrrole nitrogens is 1. The van der Waals surface area contributed by atoms with Crippen molar-refractivity contribution in [1.82, 2.24) is 15.2 Å². The maximum Gasteiger partial charge on any atom is 0.159 e. The first kappa shape index (κ1) is 16.7. The number of aromatic amines is 1. The summed E-state index contributed by atoms with van der Waals surface area (Å²) in [6.07, 6.45) is 1.48. The van der Waals surface area contributed by atoms with Crippen LogP contribution in [-0.4, -0.2) is 28.0 Å². The van der Waals surface area contributed by atoms with E-state index < -0.39 is 0 Å². The van der Waals surface area contributed by atoms with Gasteiger partial charge >= 0.3 is 0 Å². The molecule has 4 aromatic rings. The summed E-state index contributed by atoms with van der Waals surface area (Å²) in [5, 5.41) is 6.81. The molecule has 1 aromatic heterocycles. The van der Waals surface area contributed by atoms with Crippen molar-refractivity contribution >= 4 is 11.4 Å². The number of aliphatic imine (C=N–C) groups is 1. The van der Waals surface area contributed by atoms with Gasteiger partial charge in [-0.2, -0.15) is 5.10 Å². The minimum Gasteiger partial charge on any atom is -0.494 e. The van der Waals surface area contributed by atoms with Gasteiger partial charge in [0.15, 0.2) is 11.6 Å². The van der Waals surface area contributed by atoms with Gasteiger partial charge < -0.3 is 4.74 Å². The molecule has 27 heavy (non-hydrogen) atoms. The van der Waals surface area contributed by atoms with Crippen molar-refractivity contribution in [1.29, 1.82) is 0 Å². The molecule has 0 unspecified atom stereocenters. The Morgan fingerprint density at radius 1 is 0.852 bits per heavy atom. The monoisotopic (exact) mass is 354 g/mol. The smallest absolute Gasteiger partial charge is 0.159 e. The lowest BCUT2D eigenvalue weighted by Crippen LogP contribution is -2.03. The van der Waals surface area contributed by atoms with Gasteiger partial charge in [0.05, 0.1) is 18.4 Å². The van der Waals surface area contributed by atoms with Crippen molar-refractivity contribution in [3.63, 3.8) is 0 Å². The van der Waals surface area contributed by atoms with E-state index in [1.165, 1.54) is 6.33 Å². The van der Waals surface area contributed by atoms with Crippen LogP contribution in [0.4, 0.5) is 5.69 Å². The number of nitrogens with one attached hydrogen (secondary N) is 1. The number of para-hydroxylation sites is 1. The summed E-state index contributed by atoms with van der Waals surface area (Å²) in [7, 11) is 1.64. The first-order valence-corrected chi connectivity index (χ1v) is 8.59. The lowest BCUT2D eigenvalue weighted by Gasteiger charge is -2.12. The van der Waals surface area contributed by atoms with Crippen molar-refractivity contribution in [2.75, 3.05) is 7.11 Å². The molecule has 1 heterocycles. The number of ether oxygens (including phenoxy) is 1. The molecular formula is C22H18N4O. The number of aromatic nitrogens is 3. The fourth-order valence-corrected chi connectivity index (χ4v) is 2.96. The maximum absolute atomic E-state index is 5.68. The van der Waals surface area contributed by atoms with Crippen LogP contribution in [0.15, 0.2) is 90.2 Å². The van der Waals surface area contributed by atoms with Crippen LogP contribution in [0.1, 0.15) is 11.1 Å². The lowest BCUT2D eigenvalue weighted by molar-refractivity contribution is 0.417. The molecule has 4 rings (SSSR count). The number of nitrogens with zero attached hydrogens (tertiary/aromatic N) is 3. The highest BCUT2D eigenvalue weighted by atomic mass is 16.5. The number of benzene rings is 3. The summed E-state index contributed by atoms with van der Waals surface area (Å²) in [6, 6.07) is 26.1. The van der Waals surface area contributed by atoms with E-state index in [9.17, 15) is 0 Å². The molecule has 0 aliphatic rings. The van der Waals surface area contributed by atoms with Crippen LogP contribution in [0, 0.1) is 0 Å². The van der Waals surface area contributed by atoms with E-state index in [-0.39, 0.29) is 0 Å². The van der Waals surface area contributed by atoms with Crippen molar-refractivity contribution in [2.45, 2.75) is 0 Å². The fourth-order valence-electron chi connectivity index (χ4n) is 2.96. The third-order valence-corrected chi connectivity index (χ3v) is 4.20. The second kappa shape index (κ2) is 7.66. The summed E-state index contributed by atoms with van der Waals surface area (Å²) in [5.74, 6) is 1.29. The van der Waals surface area contributed by atoms with Crippen molar-refractivity contribution in [2.24, 2.45) is 4.99 Å². The first-order chi connectivity index (χ1) is 13.4. The Bertz CT molecular complexity index is 1000. The molecule has 5 heteroatoms. The van der Waals surface area contributed by atoms with Gasteiger partial charge in [-0.05, 0) is 12.1 Å². The minimum atomic E-state index is 0.643. The maximum atomic E-state index is 5.68. The molecule has 3 aromatic carbocycles. The zero-order valence-electron chi connectivity index (χ0n) is 14.8. The molecule has 1 N–H and O–H groups in total. The van der Waals surface area contributed by atoms with E-state index >= 15 is 0 Å². The SMILES string of the molecule is COc1c(N=C(c2ccccc2)c2ccccc2)cccc1-c1ncn[nH]1. The van der Waals surface area contributed by atoms with Crippen molar-refractivity contribution < 1.29 is 4.74 Å². The van der Waals surface area contributed by atoms with Crippen LogP contribution in [0.3, 0.4) is 0 Å². The summed E-state index contributed by atoms with van der Waals surface area (Å²) >= 11 is 0. The standard InChI is InChI=1S/C22H18N4O/c1-27-21-18(22-23-15-24-26-22)13-8-14-19(21)25-20(16-9-4-2-5-10-16)17-11-6-3-7-12-17/h2-15H,1H3,(H,23,24,26). The first-order valence-electron chi connectivity index (χ1n) is 8.59. The van der Waals surface area contributed by atoms with E-state index in [1.807, 2.05) is 54.6 Å². The summed E-state index contributed by atoms with van der Waals surface area (Å²) in [5.41, 5.74) is 4.50. The van der Waals surface area contributed by atoms with E-state index in [0.717, 1.165) is 28.1 Å². The van der Waals surface area contributed by atoms with Gasteiger partial charge in [0.25, 0.3) is 0 Å². The topological polar surface area (TPSA) is 63.2 Å². The summed E-state index contributed by atoms with van der Waals surface area (Å²) in [4.78, 5) is 9.21. The highest BCUT2D eigenvalue weighted by Gasteiger charge is 2.14. The van der Waals surface area contributed by atoms with Crippen LogP contribution in [0.25, 0.3) is 11.4 Å². The molecule has 0 saturated carbocycles. The zero-order valence-corrected chi connectivity index (χ0v) is 14.8. The van der Waals surface area contributed by atoms with Crippen LogP contribution < -0.4 is 4.74 Å². The highest BCUT2D eigenvalue weighted by molar-refractivity contribution is 6.14. The molecule has 132 valence electrons. The van der Waals surface area contributed by atoms with Crippen molar-refractivity contribution in [3.05, 3.63) is 96.3 Å². The molecule has 5 nitrogen and oxygen atoms in total. The highest BCUT2D eigenvalue weighted by Crippen LogP contribution is 2.37. The van der Waals surface area contributed by atoms with Gasteiger partial charge in [-0.1, -0.05) is 66.7 Å². The van der Waals surface area contributed by atoms with E-state index in [2.05, 4.69) is 39.4 Å². The second-order valence-corrected chi connectivity index (χ2v) is 5.88. The number of methoxy groups -OCH3 is 1. The molecule has 0 radical (unpaired) electrons. The number of hydrogen-bond acceptors (Lipinski definition) is 4. The van der Waals surface area contributed by atoms with Crippen LogP contribution in [0.2, 0.25) is 0 Å². The van der Waals surface area contributed by atoms with Crippen LogP contribution in [-0.2, 0) is 0 Å². The molecule has 0 aliphatic heterocycles. The Hall–Kier alpha value is -3.73. The van der Waals surface area contributed by atoms with E-state index in [0.29, 0.717) is 11.6 Å². The largest absolute Gasteiger partial charge is 0.494 e. The average molecular weight is 354 g/mol. The van der Waals surface area contributed by atoms with Crippen LogP contribution in [0.5, 0.6) is 5.75 Å². The summed E-state index contributed by atoms with van der Waals surface area (Å²) in [6.45, 7) is 0. The zero-order chi connectivity index (χ0) is 18.5. The van der Waals surface area contributed by atoms with Gasteiger partial charge in [-0.3, -0.25) is 5.10 Å². The predicted octanol–water partition coefficient (Wildman–Crippen LogP) is 4.65. The number of rotatable bonds is 5. The number of hydrogen-bond donors (Lipinski definition) is 1. The Labute approximate surface area is 157 Å². The fraction of sp³-hybridized carbons (Fsp3) is 0.0455. The van der Waals surface area contributed by atoms with E-state index in [1.54, 1.807) is 7.11 Å². The Morgan fingerprint density at radius 3 is 2.07 bits per heavy atom. The molecule has 0 bridgehead atoms. The molecule has 0 fully saturated rings. The Kier molecular flexibility index (Phi) is 4.74. The molecular weight excluding hydrogens is 336 g/mol. The Morgan fingerprint density at radius 2 is 1.52 bits per heavy atom. The van der Waals surface area contributed by atoms with E-state index in [4.69, 9.17) is 9.73 Å². The van der Waals surface area contributed by atoms with Crippen molar-refractivity contribution in [3.8, 4) is 17.1 Å². The molecule has 0 spiro atoms. The third-order valence-electron chi connectivity index (χ3n) is 4.20. The second-order valence-electron chi connectivity index (χ2n) is 5.88. The van der Waals surface area contributed by atoms with Gasteiger partial charge in [0, 0.05) is 11.1 Å². The predicted molar refractivity (Wildman–Crippen MR) is 107 cm³/mol. The van der Waals surface area contributed by atoms with Crippen LogP contribution >= 0.6 is 0 Å². The Balaban J connectivity index is 1.90. The van der Waals surface area contributed by atoms with Gasteiger partial charge in [-0.15, -0.1) is 0 Å². The van der Waals surface area contributed by atoms with Gasteiger partial charge in [0.1, 0.15) is 12.0 Å². The normalized spacial score (nSPS) is 10.4.